The zero-order valence-corrected chi connectivity index (χ0v) is 12.5. The first-order chi connectivity index (χ1) is 9.74. The van der Waals surface area contributed by atoms with Gasteiger partial charge in [-0.2, -0.15) is 0 Å². The van der Waals surface area contributed by atoms with Crippen molar-refractivity contribution in [2.24, 2.45) is 0 Å². The van der Waals surface area contributed by atoms with Crippen LogP contribution in [0.3, 0.4) is 0 Å². The first kappa shape index (κ1) is 14.4. The molecule has 2 unspecified atom stereocenters. The maximum atomic E-state index is 6.18. The van der Waals surface area contributed by atoms with Crippen LogP contribution in [0.25, 0.3) is 0 Å². The van der Waals surface area contributed by atoms with Gasteiger partial charge in [0.1, 0.15) is 5.75 Å². The van der Waals surface area contributed by atoms with Crippen LogP contribution in [0.5, 0.6) is 5.75 Å². The van der Waals surface area contributed by atoms with Crippen LogP contribution in [0.2, 0.25) is 10.0 Å². The van der Waals surface area contributed by atoms with Crippen LogP contribution < -0.4 is 10.1 Å². The molecular weight excluding hydrogens is 301 g/mol. The number of halogens is 2. The third-order valence-electron chi connectivity index (χ3n) is 3.54. The normalized spacial score (nSPS) is 25.9. The summed E-state index contributed by atoms with van der Waals surface area (Å²) in [5.74, 6) is 0.737. The first-order valence-electron chi connectivity index (χ1n) is 6.78. The highest BCUT2D eigenvalue weighted by atomic mass is 35.5. The summed E-state index contributed by atoms with van der Waals surface area (Å²) in [4.78, 5) is 0. The highest BCUT2D eigenvalue weighted by Gasteiger charge is 2.25. The Morgan fingerprint density at radius 3 is 2.90 bits per heavy atom. The van der Waals surface area contributed by atoms with Crippen molar-refractivity contribution in [1.29, 1.82) is 0 Å². The number of hydrogen-bond acceptors (Lipinski definition) is 4. The Bertz CT molecular complexity index is 478. The molecule has 0 spiro atoms. The van der Waals surface area contributed by atoms with E-state index >= 15 is 0 Å². The zero-order valence-electron chi connectivity index (χ0n) is 11.0. The maximum Gasteiger partial charge on any atom is 0.142 e. The van der Waals surface area contributed by atoms with Gasteiger partial charge in [0.25, 0.3) is 0 Å². The Balaban J connectivity index is 1.69. The minimum atomic E-state index is 0.102. The number of nitrogens with one attached hydrogen (secondary N) is 1. The van der Waals surface area contributed by atoms with Crippen LogP contribution in [-0.4, -0.2) is 39.1 Å². The van der Waals surface area contributed by atoms with Gasteiger partial charge in [0.2, 0.25) is 0 Å². The number of fused-ring (bicyclic) bond motifs is 1. The highest BCUT2D eigenvalue weighted by Crippen LogP contribution is 2.39. The second kappa shape index (κ2) is 6.50. The van der Waals surface area contributed by atoms with Gasteiger partial charge >= 0.3 is 0 Å². The average molecular weight is 318 g/mol. The Hall–Kier alpha value is -0.520. The lowest BCUT2D eigenvalue weighted by Crippen LogP contribution is -2.39. The summed E-state index contributed by atoms with van der Waals surface area (Å²) in [6.07, 6.45) is 0.988. The van der Waals surface area contributed by atoms with Crippen LogP contribution in [0.15, 0.2) is 12.1 Å². The predicted octanol–water partition coefficient (Wildman–Crippen LogP) is 2.82. The van der Waals surface area contributed by atoms with Crippen LogP contribution >= 0.6 is 23.2 Å². The van der Waals surface area contributed by atoms with Gasteiger partial charge in [-0.15, -0.1) is 0 Å². The number of rotatable bonds is 3. The monoisotopic (exact) mass is 317 g/mol. The summed E-state index contributed by atoms with van der Waals surface area (Å²) in [6, 6.07) is 3.81. The van der Waals surface area contributed by atoms with Gasteiger partial charge in [-0.25, -0.2) is 0 Å². The minimum Gasteiger partial charge on any atom is -0.492 e. The van der Waals surface area contributed by atoms with Crippen molar-refractivity contribution in [1.82, 2.24) is 5.32 Å². The highest BCUT2D eigenvalue weighted by molar-refractivity contribution is 6.35. The molecule has 4 nitrogen and oxygen atoms in total. The van der Waals surface area contributed by atoms with E-state index in [4.69, 9.17) is 37.4 Å². The Kier molecular flexibility index (Phi) is 4.68. The molecular formula is C14H17Cl2NO3. The Labute approximate surface area is 128 Å². The molecule has 0 amide bonds. The summed E-state index contributed by atoms with van der Waals surface area (Å²) in [5, 5.41) is 4.69. The van der Waals surface area contributed by atoms with Crippen LogP contribution in [0.1, 0.15) is 18.0 Å². The molecule has 2 heterocycles. The summed E-state index contributed by atoms with van der Waals surface area (Å²) >= 11 is 12.3. The molecule has 0 saturated carbocycles. The van der Waals surface area contributed by atoms with Crippen LogP contribution in [0, 0.1) is 0 Å². The van der Waals surface area contributed by atoms with Crippen molar-refractivity contribution in [3.63, 3.8) is 0 Å². The van der Waals surface area contributed by atoms with E-state index < -0.39 is 0 Å². The minimum absolute atomic E-state index is 0.102. The van der Waals surface area contributed by atoms with Gasteiger partial charge in [0.05, 0.1) is 37.6 Å². The number of hydrogen-bond donors (Lipinski definition) is 1. The van der Waals surface area contributed by atoms with E-state index in [1.54, 1.807) is 6.07 Å². The molecule has 1 N–H and O–H groups in total. The molecule has 0 aliphatic carbocycles. The predicted molar refractivity (Wildman–Crippen MR) is 77.9 cm³/mol. The topological polar surface area (TPSA) is 39.7 Å². The van der Waals surface area contributed by atoms with E-state index in [2.05, 4.69) is 5.32 Å². The maximum absolute atomic E-state index is 6.18. The van der Waals surface area contributed by atoms with E-state index in [1.165, 1.54) is 0 Å². The van der Waals surface area contributed by atoms with Crippen molar-refractivity contribution in [2.75, 3.05) is 33.0 Å². The molecule has 1 saturated heterocycles. The second-order valence-electron chi connectivity index (χ2n) is 4.97. The molecule has 2 atom stereocenters. The fourth-order valence-electron chi connectivity index (χ4n) is 2.57. The van der Waals surface area contributed by atoms with Crippen molar-refractivity contribution >= 4 is 23.2 Å². The third-order valence-corrected chi connectivity index (χ3v) is 4.04. The Morgan fingerprint density at radius 2 is 2.10 bits per heavy atom. The summed E-state index contributed by atoms with van der Waals surface area (Å²) in [6.45, 7) is 3.37. The van der Waals surface area contributed by atoms with Crippen LogP contribution in [-0.2, 0) is 9.47 Å². The lowest BCUT2D eigenvalue weighted by molar-refractivity contribution is -0.0873. The van der Waals surface area contributed by atoms with Gasteiger partial charge in [-0.1, -0.05) is 23.2 Å². The number of benzene rings is 1. The molecule has 0 aromatic heterocycles. The van der Waals surface area contributed by atoms with Crippen molar-refractivity contribution in [3.05, 3.63) is 27.7 Å². The second-order valence-corrected chi connectivity index (χ2v) is 5.82. The van der Waals surface area contributed by atoms with Crippen molar-refractivity contribution < 1.29 is 14.2 Å². The molecule has 0 radical (unpaired) electrons. The molecule has 110 valence electrons. The fourth-order valence-corrected chi connectivity index (χ4v) is 3.13. The standard InChI is InChI=1S/C14H17Cl2NO3/c15-9-5-11-13(1-2-20-14(11)12(16)6-9)17-7-10-8-18-3-4-19-10/h5-6,10,13,17H,1-4,7-8H2. The molecule has 2 aliphatic rings. The van der Waals surface area contributed by atoms with Gasteiger partial charge in [0, 0.05) is 29.6 Å². The van der Waals surface area contributed by atoms with E-state index in [9.17, 15) is 0 Å². The van der Waals surface area contributed by atoms with E-state index in [0.717, 1.165) is 24.3 Å². The molecule has 6 heteroatoms. The molecule has 3 rings (SSSR count). The SMILES string of the molecule is Clc1cc(Cl)c2c(c1)C(NCC1COCCO1)CCO2. The Morgan fingerprint density at radius 1 is 1.20 bits per heavy atom. The van der Waals surface area contributed by atoms with E-state index in [1.807, 2.05) is 6.07 Å². The van der Waals surface area contributed by atoms with Crippen LogP contribution in [0.4, 0.5) is 0 Å². The smallest absolute Gasteiger partial charge is 0.142 e. The van der Waals surface area contributed by atoms with Gasteiger partial charge in [0.15, 0.2) is 0 Å². The molecule has 1 fully saturated rings. The largest absolute Gasteiger partial charge is 0.492 e. The van der Waals surface area contributed by atoms with Gasteiger partial charge in [-0.3, -0.25) is 0 Å². The third kappa shape index (κ3) is 3.21. The summed E-state index contributed by atoms with van der Waals surface area (Å²) in [7, 11) is 0. The van der Waals surface area contributed by atoms with Crippen molar-refractivity contribution in [3.8, 4) is 5.75 Å². The summed E-state index contributed by atoms with van der Waals surface area (Å²) in [5.41, 5.74) is 1.02. The zero-order chi connectivity index (χ0) is 13.9. The first-order valence-corrected chi connectivity index (χ1v) is 7.54. The fraction of sp³-hybridized carbons (Fsp3) is 0.571. The molecule has 1 aromatic carbocycles. The van der Waals surface area contributed by atoms with Gasteiger partial charge < -0.3 is 19.5 Å². The molecule has 1 aromatic rings. The summed E-state index contributed by atoms with van der Waals surface area (Å²) < 4.78 is 16.7. The lowest BCUT2D eigenvalue weighted by atomic mass is 10.0. The van der Waals surface area contributed by atoms with Gasteiger partial charge in [-0.05, 0) is 12.1 Å². The van der Waals surface area contributed by atoms with Crippen molar-refractivity contribution in [2.45, 2.75) is 18.6 Å². The molecule has 2 aliphatic heterocycles. The average Bonchev–Trinajstić information content (AvgIpc) is 2.46. The molecule has 0 bridgehead atoms. The van der Waals surface area contributed by atoms with E-state index in [0.29, 0.717) is 36.5 Å². The van der Waals surface area contributed by atoms with E-state index in [-0.39, 0.29) is 12.1 Å². The number of ether oxygens (including phenoxy) is 3. The quantitative estimate of drug-likeness (QED) is 0.930. The molecule has 20 heavy (non-hydrogen) atoms. The lowest BCUT2D eigenvalue weighted by Gasteiger charge is -2.30.